The zero-order valence-corrected chi connectivity index (χ0v) is 14.4. The van der Waals surface area contributed by atoms with Crippen LogP contribution in [-0.2, 0) is 4.79 Å². The van der Waals surface area contributed by atoms with Crippen LogP contribution in [0.4, 0.5) is 5.69 Å². The molecule has 0 atom stereocenters. The first-order valence-electron chi connectivity index (χ1n) is 7.14. The van der Waals surface area contributed by atoms with Gasteiger partial charge in [-0.1, -0.05) is 48.2 Å². The summed E-state index contributed by atoms with van der Waals surface area (Å²) in [4.78, 5) is 26.1. The Hall–Kier alpha value is -2.44. The van der Waals surface area contributed by atoms with Crippen molar-refractivity contribution in [2.75, 3.05) is 4.90 Å². The Balaban J connectivity index is 1.93. The average Bonchev–Trinajstić information content (AvgIpc) is 2.83. The van der Waals surface area contributed by atoms with Crippen molar-refractivity contribution in [2.45, 2.75) is 6.92 Å². The Labute approximate surface area is 148 Å². The van der Waals surface area contributed by atoms with E-state index in [0.29, 0.717) is 20.5 Å². The van der Waals surface area contributed by atoms with E-state index in [1.54, 1.807) is 54.6 Å². The number of hydrogen-bond acceptors (Lipinski definition) is 5. The van der Waals surface area contributed by atoms with Gasteiger partial charge in [-0.25, -0.2) is 0 Å². The highest BCUT2D eigenvalue weighted by Crippen LogP contribution is 2.36. The molecule has 1 saturated heterocycles. The van der Waals surface area contributed by atoms with Crippen molar-refractivity contribution in [3.8, 4) is 5.75 Å². The van der Waals surface area contributed by atoms with E-state index in [4.69, 9.17) is 12.2 Å². The number of thiocarbonyl (C=S) groups is 1. The van der Waals surface area contributed by atoms with Crippen LogP contribution >= 0.6 is 24.0 Å². The number of thioether (sulfide) groups is 1. The van der Waals surface area contributed by atoms with Gasteiger partial charge >= 0.3 is 0 Å². The standard InChI is InChI=1S/C18H13NO3S2/c1-11(20)13-3-2-4-14(10-13)19-17(22)16(24-18(19)23)9-12-5-7-15(21)8-6-12/h2-10,21H,1H3/b16-9-. The number of carbonyl (C=O) groups excluding carboxylic acids is 2. The molecule has 4 nitrogen and oxygen atoms in total. The maximum atomic E-state index is 12.7. The van der Waals surface area contributed by atoms with Gasteiger partial charge in [-0.05, 0) is 42.8 Å². The summed E-state index contributed by atoms with van der Waals surface area (Å²) in [5, 5.41) is 9.32. The number of carbonyl (C=O) groups is 2. The van der Waals surface area contributed by atoms with Crippen LogP contribution in [0.3, 0.4) is 0 Å². The molecule has 3 rings (SSSR count). The highest BCUT2D eigenvalue weighted by molar-refractivity contribution is 8.27. The van der Waals surface area contributed by atoms with Crippen molar-refractivity contribution >= 4 is 51.8 Å². The molecule has 120 valence electrons. The van der Waals surface area contributed by atoms with Gasteiger partial charge in [0.25, 0.3) is 5.91 Å². The molecule has 1 fully saturated rings. The van der Waals surface area contributed by atoms with E-state index in [-0.39, 0.29) is 17.4 Å². The van der Waals surface area contributed by atoms with Crippen LogP contribution in [-0.4, -0.2) is 21.1 Å². The molecule has 0 aliphatic carbocycles. The minimum atomic E-state index is -0.223. The van der Waals surface area contributed by atoms with Gasteiger partial charge in [0.2, 0.25) is 0 Å². The first-order chi connectivity index (χ1) is 11.5. The van der Waals surface area contributed by atoms with E-state index >= 15 is 0 Å². The van der Waals surface area contributed by atoms with Gasteiger partial charge < -0.3 is 5.11 Å². The van der Waals surface area contributed by atoms with E-state index in [9.17, 15) is 14.7 Å². The highest BCUT2D eigenvalue weighted by Gasteiger charge is 2.33. The molecule has 2 aromatic rings. The number of benzene rings is 2. The Bertz CT molecular complexity index is 872. The van der Waals surface area contributed by atoms with Gasteiger partial charge in [-0.3, -0.25) is 14.5 Å². The van der Waals surface area contributed by atoms with E-state index in [2.05, 4.69) is 0 Å². The van der Waals surface area contributed by atoms with Gasteiger partial charge in [0.15, 0.2) is 10.1 Å². The van der Waals surface area contributed by atoms with E-state index in [1.807, 2.05) is 0 Å². The Morgan fingerprint density at radius 3 is 2.58 bits per heavy atom. The van der Waals surface area contributed by atoms with Crippen molar-refractivity contribution < 1.29 is 14.7 Å². The number of rotatable bonds is 3. The molecule has 2 aromatic carbocycles. The van der Waals surface area contributed by atoms with Crippen LogP contribution in [0.15, 0.2) is 53.4 Å². The number of amides is 1. The fourth-order valence-electron chi connectivity index (χ4n) is 2.28. The number of ketones is 1. The largest absolute Gasteiger partial charge is 0.508 e. The Morgan fingerprint density at radius 1 is 1.21 bits per heavy atom. The molecule has 0 aromatic heterocycles. The van der Waals surface area contributed by atoms with Crippen molar-refractivity contribution in [2.24, 2.45) is 0 Å². The van der Waals surface area contributed by atoms with Gasteiger partial charge in [0.05, 0.1) is 10.6 Å². The van der Waals surface area contributed by atoms with Gasteiger partial charge in [-0.2, -0.15) is 0 Å². The third-order valence-corrected chi connectivity index (χ3v) is 4.80. The van der Waals surface area contributed by atoms with Crippen LogP contribution in [0.2, 0.25) is 0 Å². The van der Waals surface area contributed by atoms with E-state index in [1.165, 1.54) is 23.6 Å². The number of phenolic OH excluding ortho intramolecular Hbond substituents is 1. The summed E-state index contributed by atoms with van der Waals surface area (Å²) in [6.07, 6.45) is 1.73. The summed E-state index contributed by atoms with van der Waals surface area (Å²) < 4.78 is 0.422. The predicted octanol–water partition coefficient (Wildman–Crippen LogP) is 4.00. The summed E-state index contributed by atoms with van der Waals surface area (Å²) in [7, 11) is 0. The zero-order valence-electron chi connectivity index (χ0n) is 12.7. The van der Waals surface area contributed by atoms with Crippen LogP contribution in [0, 0.1) is 0 Å². The van der Waals surface area contributed by atoms with Crippen molar-refractivity contribution in [3.63, 3.8) is 0 Å². The third-order valence-electron chi connectivity index (χ3n) is 3.50. The monoisotopic (exact) mass is 355 g/mol. The van der Waals surface area contributed by atoms with Gasteiger partial charge in [-0.15, -0.1) is 0 Å². The van der Waals surface area contributed by atoms with Crippen LogP contribution in [0.25, 0.3) is 6.08 Å². The number of nitrogens with zero attached hydrogens (tertiary/aromatic N) is 1. The molecule has 0 spiro atoms. The molecule has 24 heavy (non-hydrogen) atoms. The number of anilines is 1. The molecule has 1 aliphatic rings. The molecule has 0 unspecified atom stereocenters. The van der Waals surface area contributed by atoms with E-state index in [0.717, 1.165) is 5.56 Å². The lowest BCUT2D eigenvalue weighted by atomic mass is 10.1. The van der Waals surface area contributed by atoms with Crippen LogP contribution in [0.5, 0.6) is 5.75 Å². The molecule has 1 aliphatic heterocycles. The quantitative estimate of drug-likeness (QED) is 0.512. The molecule has 1 amide bonds. The maximum Gasteiger partial charge on any atom is 0.270 e. The Kier molecular flexibility index (Phi) is 4.51. The summed E-state index contributed by atoms with van der Waals surface area (Å²) in [5.74, 6) is -0.124. The van der Waals surface area contributed by atoms with Crippen molar-refractivity contribution in [1.29, 1.82) is 0 Å². The predicted molar refractivity (Wildman–Crippen MR) is 100 cm³/mol. The number of aromatic hydroxyl groups is 1. The molecular formula is C18H13NO3S2. The Morgan fingerprint density at radius 2 is 1.92 bits per heavy atom. The average molecular weight is 355 g/mol. The lowest BCUT2D eigenvalue weighted by Gasteiger charge is -2.15. The normalized spacial score (nSPS) is 16.0. The summed E-state index contributed by atoms with van der Waals surface area (Å²) >= 11 is 6.54. The first-order valence-corrected chi connectivity index (χ1v) is 8.36. The number of phenols is 1. The summed E-state index contributed by atoms with van der Waals surface area (Å²) in [6.45, 7) is 1.48. The first kappa shape index (κ1) is 16.4. The second kappa shape index (κ2) is 6.59. The molecule has 0 radical (unpaired) electrons. The molecule has 1 N–H and O–H groups in total. The van der Waals surface area contributed by atoms with Gasteiger partial charge in [0.1, 0.15) is 5.75 Å². The minimum Gasteiger partial charge on any atom is -0.508 e. The lowest BCUT2D eigenvalue weighted by Crippen LogP contribution is -2.27. The molecule has 1 heterocycles. The van der Waals surface area contributed by atoms with Crippen LogP contribution in [0.1, 0.15) is 22.8 Å². The summed E-state index contributed by atoms with van der Waals surface area (Å²) in [5.41, 5.74) is 1.91. The maximum absolute atomic E-state index is 12.7. The number of Topliss-reactive ketones (excluding diaryl/α,β-unsaturated/α-hetero) is 1. The van der Waals surface area contributed by atoms with Crippen molar-refractivity contribution in [3.05, 3.63) is 64.6 Å². The molecule has 0 saturated carbocycles. The second-order valence-corrected chi connectivity index (χ2v) is 6.89. The molecule has 6 heteroatoms. The topological polar surface area (TPSA) is 57.6 Å². The highest BCUT2D eigenvalue weighted by atomic mass is 32.2. The van der Waals surface area contributed by atoms with Crippen LogP contribution < -0.4 is 4.90 Å². The SMILES string of the molecule is CC(=O)c1cccc(N2C(=O)/C(=C/c3ccc(O)cc3)SC2=S)c1. The smallest absolute Gasteiger partial charge is 0.270 e. The number of hydrogen-bond donors (Lipinski definition) is 1. The van der Waals surface area contributed by atoms with Gasteiger partial charge in [0, 0.05) is 5.56 Å². The lowest BCUT2D eigenvalue weighted by molar-refractivity contribution is -0.113. The fraction of sp³-hybridized carbons (Fsp3) is 0.0556. The van der Waals surface area contributed by atoms with Crippen molar-refractivity contribution in [1.82, 2.24) is 0 Å². The summed E-state index contributed by atoms with van der Waals surface area (Å²) in [6, 6.07) is 13.4. The zero-order chi connectivity index (χ0) is 17.3. The third kappa shape index (κ3) is 3.25. The minimum absolute atomic E-state index is 0.0677. The van der Waals surface area contributed by atoms with E-state index < -0.39 is 0 Å². The fourth-order valence-corrected chi connectivity index (χ4v) is 3.58. The molecular weight excluding hydrogens is 342 g/mol. The molecule has 0 bridgehead atoms. The second-order valence-electron chi connectivity index (χ2n) is 5.22.